The number of carbonyl (C=O) groups is 1. The van der Waals surface area contributed by atoms with E-state index in [1.165, 1.54) is 0 Å². The second-order valence-corrected chi connectivity index (χ2v) is 5.34. The molecule has 1 N–H and O–H groups in total. The zero-order chi connectivity index (χ0) is 15.1. The largest absolute Gasteiger partial charge is 0.494 e. The molecule has 4 nitrogen and oxygen atoms in total. The molecule has 0 aliphatic heterocycles. The van der Waals surface area contributed by atoms with Gasteiger partial charge in [0, 0.05) is 5.56 Å². The van der Waals surface area contributed by atoms with Crippen molar-refractivity contribution in [3.63, 3.8) is 0 Å². The maximum absolute atomic E-state index is 12.1. The number of hydrogen-bond acceptors (Lipinski definition) is 3. The Morgan fingerprint density at radius 3 is 2.67 bits per heavy atom. The minimum absolute atomic E-state index is 0.194. The second-order valence-electron chi connectivity index (χ2n) is 4.53. The summed E-state index contributed by atoms with van der Waals surface area (Å²) < 4.78 is 6.25. The van der Waals surface area contributed by atoms with Crippen molar-refractivity contribution in [3.8, 4) is 5.75 Å². The topological polar surface area (TPSA) is 51.2 Å². The molecule has 1 amide bonds. The van der Waals surface area contributed by atoms with E-state index in [1.807, 2.05) is 6.07 Å². The van der Waals surface area contributed by atoms with E-state index in [0.717, 1.165) is 18.6 Å². The number of unbranched alkanes of at least 4 members (excludes halogenated alkanes) is 1. The molecule has 0 saturated carbocycles. The second kappa shape index (κ2) is 7.78. The van der Waals surface area contributed by atoms with E-state index in [0.29, 0.717) is 22.6 Å². The maximum Gasteiger partial charge on any atom is 0.256 e. The molecule has 1 aromatic heterocycles. The van der Waals surface area contributed by atoms with E-state index in [1.54, 1.807) is 36.4 Å². The molecule has 5 heteroatoms. The highest BCUT2D eigenvalue weighted by molar-refractivity contribution is 9.10. The predicted octanol–water partition coefficient (Wildman–Crippen LogP) is 4.28. The van der Waals surface area contributed by atoms with Crippen molar-refractivity contribution in [1.29, 1.82) is 0 Å². The molecule has 0 aliphatic rings. The molecule has 2 rings (SSSR count). The fourth-order valence-electron chi connectivity index (χ4n) is 1.70. The summed E-state index contributed by atoms with van der Waals surface area (Å²) >= 11 is 3.27. The van der Waals surface area contributed by atoms with Crippen molar-refractivity contribution >= 4 is 27.7 Å². The van der Waals surface area contributed by atoms with Gasteiger partial charge in [-0.1, -0.05) is 19.4 Å². The summed E-state index contributed by atoms with van der Waals surface area (Å²) in [7, 11) is 0. The number of amides is 1. The summed E-state index contributed by atoms with van der Waals surface area (Å²) in [4.78, 5) is 16.3. The lowest BCUT2D eigenvalue weighted by Gasteiger charge is -2.07. The number of nitrogens with one attached hydrogen (secondary N) is 1. The number of rotatable bonds is 6. The Balaban J connectivity index is 1.96. The quantitative estimate of drug-likeness (QED) is 0.626. The van der Waals surface area contributed by atoms with E-state index in [2.05, 4.69) is 33.2 Å². The first-order chi connectivity index (χ1) is 10.2. The molecule has 0 atom stereocenters. The molecule has 21 heavy (non-hydrogen) atoms. The summed E-state index contributed by atoms with van der Waals surface area (Å²) in [5, 5.41) is 2.75. The van der Waals surface area contributed by atoms with Crippen LogP contribution in [0.5, 0.6) is 5.75 Å². The first kappa shape index (κ1) is 15.5. The van der Waals surface area contributed by atoms with Crippen LogP contribution in [0.15, 0.2) is 47.1 Å². The SMILES string of the molecule is CCCCOc1ccc(C(=O)Nc2cccc(Br)n2)cc1. The molecule has 0 fully saturated rings. The van der Waals surface area contributed by atoms with E-state index in [9.17, 15) is 4.79 Å². The number of nitrogens with zero attached hydrogens (tertiary/aromatic N) is 1. The molecule has 0 aliphatic carbocycles. The summed E-state index contributed by atoms with van der Waals surface area (Å²) in [5.41, 5.74) is 0.569. The van der Waals surface area contributed by atoms with Gasteiger partial charge in [-0.3, -0.25) is 4.79 Å². The fourth-order valence-corrected chi connectivity index (χ4v) is 2.05. The lowest BCUT2D eigenvalue weighted by Crippen LogP contribution is -2.12. The van der Waals surface area contributed by atoms with Gasteiger partial charge in [-0.15, -0.1) is 0 Å². The summed E-state index contributed by atoms with van der Waals surface area (Å²) in [6, 6.07) is 12.5. The van der Waals surface area contributed by atoms with Gasteiger partial charge in [0.25, 0.3) is 5.91 Å². The third-order valence-corrected chi connectivity index (χ3v) is 3.28. The number of benzene rings is 1. The van der Waals surface area contributed by atoms with Gasteiger partial charge in [0.15, 0.2) is 0 Å². The first-order valence-corrected chi connectivity index (χ1v) is 7.65. The van der Waals surface area contributed by atoms with Crippen LogP contribution in [0.4, 0.5) is 5.82 Å². The van der Waals surface area contributed by atoms with Crippen LogP contribution < -0.4 is 10.1 Å². The highest BCUT2D eigenvalue weighted by atomic mass is 79.9. The monoisotopic (exact) mass is 348 g/mol. The van der Waals surface area contributed by atoms with Crippen molar-refractivity contribution in [2.24, 2.45) is 0 Å². The first-order valence-electron chi connectivity index (χ1n) is 6.86. The minimum Gasteiger partial charge on any atom is -0.494 e. The summed E-state index contributed by atoms with van der Waals surface area (Å²) in [6.45, 7) is 2.82. The van der Waals surface area contributed by atoms with E-state index in [4.69, 9.17) is 4.74 Å². The van der Waals surface area contributed by atoms with Crippen LogP contribution in [-0.2, 0) is 0 Å². The Bertz CT molecular complexity index is 599. The number of hydrogen-bond donors (Lipinski definition) is 1. The molecule has 0 saturated heterocycles. The minimum atomic E-state index is -0.194. The van der Waals surface area contributed by atoms with Crippen molar-refractivity contribution < 1.29 is 9.53 Å². The molecular formula is C16H17BrN2O2. The maximum atomic E-state index is 12.1. The third kappa shape index (κ3) is 4.86. The molecule has 2 aromatic rings. The molecule has 0 radical (unpaired) electrons. The van der Waals surface area contributed by atoms with Crippen molar-refractivity contribution in [3.05, 3.63) is 52.6 Å². The highest BCUT2D eigenvalue weighted by Gasteiger charge is 2.07. The van der Waals surface area contributed by atoms with E-state index < -0.39 is 0 Å². The van der Waals surface area contributed by atoms with E-state index >= 15 is 0 Å². The number of carbonyl (C=O) groups excluding carboxylic acids is 1. The smallest absolute Gasteiger partial charge is 0.256 e. The Hall–Kier alpha value is -1.88. The Morgan fingerprint density at radius 2 is 2.00 bits per heavy atom. The molecule has 0 bridgehead atoms. The van der Waals surface area contributed by atoms with Crippen LogP contribution in [0.2, 0.25) is 0 Å². The third-order valence-electron chi connectivity index (χ3n) is 2.84. The molecule has 1 aromatic carbocycles. The van der Waals surface area contributed by atoms with Crippen LogP contribution in [0.25, 0.3) is 0 Å². The molecule has 110 valence electrons. The Labute approximate surface area is 132 Å². The van der Waals surface area contributed by atoms with Gasteiger partial charge in [-0.25, -0.2) is 4.98 Å². The van der Waals surface area contributed by atoms with Crippen molar-refractivity contribution in [2.75, 3.05) is 11.9 Å². The summed E-state index contributed by atoms with van der Waals surface area (Å²) in [5.74, 6) is 1.10. The van der Waals surface area contributed by atoms with Crippen LogP contribution in [0.3, 0.4) is 0 Å². The lowest BCUT2D eigenvalue weighted by molar-refractivity contribution is 0.102. The van der Waals surface area contributed by atoms with Crippen LogP contribution in [0, 0.1) is 0 Å². The van der Waals surface area contributed by atoms with Gasteiger partial charge in [-0.2, -0.15) is 0 Å². The van der Waals surface area contributed by atoms with Gasteiger partial charge in [-0.05, 0) is 58.7 Å². The van der Waals surface area contributed by atoms with Crippen molar-refractivity contribution in [1.82, 2.24) is 4.98 Å². The number of pyridine rings is 1. The van der Waals surface area contributed by atoms with E-state index in [-0.39, 0.29) is 5.91 Å². The number of ether oxygens (including phenoxy) is 1. The normalized spacial score (nSPS) is 10.2. The summed E-state index contributed by atoms with van der Waals surface area (Å²) in [6.07, 6.45) is 2.12. The zero-order valence-corrected chi connectivity index (χ0v) is 13.4. The molecule has 0 spiro atoms. The molecular weight excluding hydrogens is 332 g/mol. The van der Waals surface area contributed by atoms with Crippen LogP contribution in [-0.4, -0.2) is 17.5 Å². The van der Waals surface area contributed by atoms with Crippen LogP contribution >= 0.6 is 15.9 Å². The van der Waals surface area contributed by atoms with Gasteiger partial charge < -0.3 is 10.1 Å². The predicted molar refractivity (Wildman–Crippen MR) is 86.7 cm³/mol. The number of anilines is 1. The standard InChI is InChI=1S/C16H17BrN2O2/c1-2-3-11-21-13-9-7-12(8-10-13)16(20)19-15-6-4-5-14(17)18-15/h4-10H,2-3,11H2,1H3,(H,18,19,20). The average molecular weight is 349 g/mol. The van der Waals surface area contributed by atoms with Gasteiger partial charge in [0.1, 0.15) is 16.2 Å². The molecule has 0 unspecified atom stereocenters. The number of aromatic nitrogens is 1. The lowest BCUT2D eigenvalue weighted by atomic mass is 10.2. The Kier molecular flexibility index (Phi) is 5.75. The van der Waals surface area contributed by atoms with Gasteiger partial charge in [0.2, 0.25) is 0 Å². The van der Waals surface area contributed by atoms with Gasteiger partial charge >= 0.3 is 0 Å². The average Bonchev–Trinajstić information content (AvgIpc) is 2.48. The number of halogens is 1. The Morgan fingerprint density at radius 1 is 1.24 bits per heavy atom. The van der Waals surface area contributed by atoms with Crippen molar-refractivity contribution in [2.45, 2.75) is 19.8 Å². The molecule has 1 heterocycles. The zero-order valence-electron chi connectivity index (χ0n) is 11.8. The van der Waals surface area contributed by atoms with Gasteiger partial charge in [0.05, 0.1) is 6.61 Å². The highest BCUT2D eigenvalue weighted by Crippen LogP contribution is 2.15. The fraction of sp³-hybridized carbons (Fsp3) is 0.250. The van der Waals surface area contributed by atoms with Crippen LogP contribution in [0.1, 0.15) is 30.1 Å².